The maximum atomic E-state index is 12.7. The summed E-state index contributed by atoms with van der Waals surface area (Å²) in [6.07, 6.45) is 0. The van der Waals surface area contributed by atoms with E-state index >= 15 is 0 Å². The zero-order valence-corrected chi connectivity index (χ0v) is 15.8. The third kappa shape index (κ3) is 3.57. The fourth-order valence-corrected chi connectivity index (χ4v) is 3.23. The largest absolute Gasteiger partial charge is 0.482 e. The first kappa shape index (κ1) is 18.1. The number of ether oxygens (including phenoxy) is 1. The van der Waals surface area contributed by atoms with Crippen LogP contribution in [0.15, 0.2) is 54.6 Å². The highest BCUT2D eigenvalue weighted by atomic mass is 35.5. The molecule has 0 unspecified atom stereocenters. The van der Waals surface area contributed by atoms with Gasteiger partial charge < -0.3 is 10.1 Å². The van der Waals surface area contributed by atoms with Crippen molar-refractivity contribution in [2.24, 2.45) is 0 Å². The molecule has 0 saturated carbocycles. The standard InChI is InChI=1S/C20H17ClN4O3/c1-13-9-18(25(23-13)15-6-4-5-14(21)10-15)22-19(26)11-24-16-7-2-3-8-17(16)28-12-20(24)27/h2-10H,11-12H2,1H3,(H,22,26). The molecule has 0 bridgehead atoms. The average Bonchev–Trinajstić information content (AvgIpc) is 3.04. The van der Waals surface area contributed by atoms with Gasteiger partial charge in [-0.2, -0.15) is 5.10 Å². The van der Waals surface area contributed by atoms with E-state index in [4.69, 9.17) is 16.3 Å². The predicted octanol–water partition coefficient (Wildman–Crippen LogP) is 3.20. The molecule has 0 radical (unpaired) electrons. The van der Waals surface area contributed by atoms with Gasteiger partial charge in [-0.15, -0.1) is 0 Å². The van der Waals surface area contributed by atoms with Crippen LogP contribution in [0.4, 0.5) is 11.5 Å². The van der Waals surface area contributed by atoms with E-state index in [2.05, 4.69) is 10.4 Å². The van der Waals surface area contributed by atoms with Gasteiger partial charge in [0.15, 0.2) is 6.61 Å². The number of nitrogens with one attached hydrogen (secondary N) is 1. The molecule has 4 rings (SSSR count). The first-order valence-corrected chi connectivity index (χ1v) is 9.04. The summed E-state index contributed by atoms with van der Waals surface area (Å²) in [7, 11) is 0. The van der Waals surface area contributed by atoms with Crippen molar-refractivity contribution >= 4 is 34.9 Å². The number of nitrogens with zero attached hydrogens (tertiary/aromatic N) is 3. The monoisotopic (exact) mass is 396 g/mol. The second-order valence-electron chi connectivity index (χ2n) is 6.35. The lowest BCUT2D eigenvalue weighted by Crippen LogP contribution is -2.43. The van der Waals surface area contributed by atoms with E-state index in [0.29, 0.717) is 22.3 Å². The van der Waals surface area contributed by atoms with Crippen LogP contribution in [0.1, 0.15) is 5.69 Å². The van der Waals surface area contributed by atoms with Crippen molar-refractivity contribution in [3.63, 3.8) is 0 Å². The minimum atomic E-state index is -0.340. The SMILES string of the molecule is Cc1cc(NC(=O)CN2C(=O)COc3ccccc32)n(-c2cccc(Cl)c2)n1. The summed E-state index contributed by atoms with van der Waals surface area (Å²) < 4.78 is 7.01. The lowest BCUT2D eigenvalue weighted by Gasteiger charge is -2.28. The summed E-state index contributed by atoms with van der Waals surface area (Å²) in [6.45, 7) is 1.61. The fourth-order valence-electron chi connectivity index (χ4n) is 3.05. The number of amides is 2. The summed E-state index contributed by atoms with van der Waals surface area (Å²) in [5.74, 6) is 0.468. The quantitative estimate of drug-likeness (QED) is 0.734. The molecule has 7 nitrogen and oxygen atoms in total. The number of carbonyl (C=O) groups excluding carboxylic acids is 2. The second-order valence-corrected chi connectivity index (χ2v) is 6.78. The van der Waals surface area contributed by atoms with E-state index in [0.717, 1.165) is 11.4 Å². The van der Waals surface area contributed by atoms with Gasteiger partial charge in [0.25, 0.3) is 5.91 Å². The molecule has 8 heteroatoms. The predicted molar refractivity (Wildman–Crippen MR) is 106 cm³/mol. The molecule has 28 heavy (non-hydrogen) atoms. The highest BCUT2D eigenvalue weighted by Gasteiger charge is 2.27. The van der Waals surface area contributed by atoms with E-state index in [9.17, 15) is 9.59 Å². The van der Waals surface area contributed by atoms with Gasteiger partial charge in [0.1, 0.15) is 18.1 Å². The minimum Gasteiger partial charge on any atom is -0.482 e. The van der Waals surface area contributed by atoms with Crippen LogP contribution in [0.3, 0.4) is 0 Å². The normalized spacial score (nSPS) is 13.1. The van der Waals surface area contributed by atoms with Crippen LogP contribution in [0, 0.1) is 6.92 Å². The number of rotatable bonds is 4. The van der Waals surface area contributed by atoms with E-state index in [-0.39, 0.29) is 25.0 Å². The smallest absolute Gasteiger partial charge is 0.265 e. The number of hydrogen-bond acceptors (Lipinski definition) is 4. The molecular weight excluding hydrogens is 380 g/mol. The molecule has 1 aliphatic heterocycles. The van der Waals surface area contributed by atoms with Crippen molar-refractivity contribution in [2.75, 3.05) is 23.4 Å². The first-order valence-electron chi connectivity index (χ1n) is 8.66. The van der Waals surface area contributed by atoms with Crippen LogP contribution in [-0.4, -0.2) is 34.7 Å². The molecule has 0 spiro atoms. The average molecular weight is 397 g/mol. The zero-order chi connectivity index (χ0) is 19.7. The van der Waals surface area contributed by atoms with Gasteiger partial charge in [-0.25, -0.2) is 4.68 Å². The summed E-state index contributed by atoms with van der Waals surface area (Å²) in [5, 5.41) is 7.82. The lowest BCUT2D eigenvalue weighted by molar-refractivity contribution is -0.123. The van der Waals surface area contributed by atoms with Crippen LogP contribution >= 0.6 is 11.6 Å². The van der Waals surface area contributed by atoms with Gasteiger partial charge in [0, 0.05) is 11.1 Å². The van der Waals surface area contributed by atoms with Gasteiger partial charge >= 0.3 is 0 Å². The molecule has 0 aliphatic carbocycles. The number of anilines is 2. The Bertz CT molecular complexity index is 1060. The van der Waals surface area contributed by atoms with Crippen LogP contribution in [0.25, 0.3) is 5.69 Å². The molecule has 142 valence electrons. The highest BCUT2D eigenvalue weighted by Crippen LogP contribution is 2.31. The van der Waals surface area contributed by atoms with Crippen molar-refractivity contribution in [1.82, 2.24) is 9.78 Å². The first-order chi connectivity index (χ1) is 13.5. The molecule has 0 fully saturated rings. The lowest BCUT2D eigenvalue weighted by atomic mass is 10.2. The van der Waals surface area contributed by atoms with Gasteiger partial charge in [0.05, 0.1) is 17.1 Å². The van der Waals surface area contributed by atoms with E-state index < -0.39 is 0 Å². The number of benzene rings is 2. The molecule has 1 aliphatic rings. The van der Waals surface area contributed by atoms with Crippen molar-refractivity contribution in [1.29, 1.82) is 0 Å². The topological polar surface area (TPSA) is 76.5 Å². The fraction of sp³-hybridized carbons (Fsp3) is 0.150. The van der Waals surface area contributed by atoms with E-state index in [1.165, 1.54) is 4.90 Å². The van der Waals surface area contributed by atoms with Crippen molar-refractivity contribution in [3.8, 4) is 11.4 Å². The van der Waals surface area contributed by atoms with Crippen molar-refractivity contribution in [2.45, 2.75) is 6.92 Å². The van der Waals surface area contributed by atoms with Crippen LogP contribution in [-0.2, 0) is 9.59 Å². The number of carbonyl (C=O) groups is 2. The Morgan fingerprint density at radius 1 is 1.21 bits per heavy atom. The Morgan fingerprint density at radius 2 is 2.04 bits per heavy atom. The van der Waals surface area contributed by atoms with E-state index in [1.54, 1.807) is 41.1 Å². The Labute approximate surface area is 166 Å². The Morgan fingerprint density at radius 3 is 2.86 bits per heavy atom. The number of aromatic nitrogens is 2. The van der Waals surface area contributed by atoms with Crippen LogP contribution in [0.2, 0.25) is 5.02 Å². The minimum absolute atomic E-state index is 0.0934. The molecule has 3 aromatic rings. The molecular formula is C20H17ClN4O3. The Hall–Kier alpha value is -3.32. The zero-order valence-electron chi connectivity index (χ0n) is 15.1. The number of hydrogen-bond donors (Lipinski definition) is 1. The third-order valence-corrected chi connectivity index (χ3v) is 4.50. The molecule has 2 heterocycles. The summed E-state index contributed by atoms with van der Waals surface area (Å²) >= 11 is 6.07. The number of halogens is 1. The summed E-state index contributed by atoms with van der Waals surface area (Å²) in [6, 6.07) is 16.1. The third-order valence-electron chi connectivity index (χ3n) is 4.26. The maximum Gasteiger partial charge on any atom is 0.265 e. The van der Waals surface area contributed by atoms with Gasteiger partial charge in [0.2, 0.25) is 5.91 Å². The highest BCUT2D eigenvalue weighted by molar-refractivity contribution is 6.30. The summed E-state index contributed by atoms with van der Waals surface area (Å²) in [4.78, 5) is 26.4. The molecule has 1 aromatic heterocycles. The van der Waals surface area contributed by atoms with Crippen molar-refractivity contribution < 1.29 is 14.3 Å². The number of fused-ring (bicyclic) bond motifs is 1. The molecule has 1 N–H and O–H groups in total. The molecule has 2 amide bonds. The number of para-hydroxylation sites is 2. The van der Waals surface area contributed by atoms with Gasteiger partial charge in [-0.3, -0.25) is 14.5 Å². The van der Waals surface area contributed by atoms with Gasteiger partial charge in [-0.05, 0) is 37.3 Å². The van der Waals surface area contributed by atoms with E-state index in [1.807, 2.05) is 25.1 Å². The maximum absolute atomic E-state index is 12.7. The van der Waals surface area contributed by atoms with Gasteiger partial charge in [-0.1, -0.05) is 29.8 Å². The Balaban J connectivity index is 1.56. The van der Waals surface area contributed by atoms with Crippen LogP contribution < -0.4 is 15.0 Å². The van der Waals surface area contributed by atoms with Crippen molar-refractivity contribution in [3.05, 3.63) is 65.3 Å². The summed E-state index contributed by atoms with van der Waals surface area (Å²) in [5.41, 5.74) is 2.04. The molecule has 2 aromatic carbocycles. The van der Waals surface area contributed by atoms with Crippen LogP contribution in [0.5, 0.6) is 5.75 Å². The second kappa shape index (κ2) is 7.36. The Kier molecular flexibility index (Phi) is 4.75. The molecule has 0 atom stereocenters. The molecule has 0 saturated heterocycles. The number of aryl methyl sites for hydroxylation is 1.